The molecule has 1 aliphatic heterocycles. The SMILES string of the molecule is O=C(OCc1ccccc1)N1CCC(=C2c3ccc(S(=O)(=O)O)cc3CCc3cccnc32)CC1. The number of aryl methyl sites for hydroxylation is 2. The molecule has 1 N–H and O–H groups in total. The summed E-state index contributed by atoms with van der Waals surface area (Å²) in [5, 5.41) is 0. The summed E-state index contributed by atoms with van der Waals surface area (Å²) in [5.74, 6) is 0. The number of piperidine rings is 1. The van der Waals surface area contributed by atoms with Gasteiger partial charge in [0.25, 0.3) is 10.1 Å². The summed E-state index contributed by atoms with van der Waals surface area (Å²) >= 11 is 0. The van der Waals surface area contributed by atoms with Crippen molar-refractivity contribution in [3.63, 3.8) is 0 Å². The van der Waals surface area contributed by atoms with Crippen LogP contribution in [-0.4, -0.2) is 42.0 Å². The molecule has 0 unspecified atom stereocenters. The van der Waals surface area contributed by atoms with Crippen LogP contribution in [0, 0.1) is 0 Å². The summed E-state index contributed by atoms with van der Waals surface area (Å²) in [6, 6.07) is 18.3. The van der Waals surface area contributed by atoms with Crippen molar-refractivity contribution in [3.05, 3.63) is 100 Å². The third kappa shape index (κ3) is 4.99. The number of pyridine rings is 1. The molecule has 1 aromatic heterocycles. The van der Waals surface area contributed by atoms with Crippen LogP contribution in [0.3, 0.4) is 0 Å². The fourth-order valence-electron chi connectivity index (χ4n) is 4.82. The van der Waals surface area contributed by atoms with E-state index in [-0.39, 0.29) is 17.6 Å². The number of likely N-dealkylation sites (tertiary alicyclic amines) is 1. The maximum atomic E-state index is 12.6. The zero-order valence-electron chi connectivity index (χ0n) is 19.2. The van der Waals surface area contributed by atoms with Gasteiger partial charge in [-0.15, -0.1) is 0 Å². The number of fused-ring (bicyclic) bond motifs is 2. The molecule has 0 bridgehead atoms. The molecule has 0 spiro atoms. The van der Waals surface area contributed by atoms with E-state index in [4.69, 9.17) is 9.72 Å². The standard InChI is InChI=1S/C27H26N2O5S/c30-27(34-18-19-5-2-1-3-6-19)29-15-12-20(13-16-29)25-24-11-10-23(35(31,32)33)17-22(24)9-8-21-7-4-14-28-26(21)25/h1-7,10-11,14,17H,8-9,12-13,15-16,18H2,(H,31,32,33). The van der Waals surface area contributed by atoms with E-state index < -0.39 is 10.1 Å². The Labute approximate surface area is 204 Å². The van der Waals surface area contributed by atoms with Gasteiger partial charge < -0.3 is 9.64 Å². The third-order valence-corrected chi connectivity index (χ3v) is 7.47. The van der Waals surface area contributed by atoms with Crippen LogP contribution >= 0.6 is 0 Å². The number of ether oxygens (including phenoxy) is 1. The molecule has 1 aliphatic carbocycles. The third-order valence-electron chi connectivity index (χ3n) is 6.62. The average molecular weight is 491 g/mol. The predicted molar refractivity (Wildman–Crippen MR) is 131 cm³/mol. The number of amides is 1. The van der Waals surface area contributed by atoms with E-state index in [1.54, 1.807) is 23.2 Å². The Balaban J connectivity index is 1.42. The van der Waals surface area contributed by atoms with Gasteiger partial charge in [-0.25, -0.2) is 4.79 Å². The minimum atomic E-state index is -4.29. The fraction of sp³-hybridized carbons (Fsp3) is 0.259. The highest BCUT2D eigenvalue weighted by molar-refractivity contribution is 7.85. The smallest absolute Gasteiger partial charge is 0.410 e. The van der Waals surface area contributed by atoms with E-state index in [0.29, 0.717) is 32.4 Å². The predicted octanol–water partition coefficient (Wildman–Crippen LogP) is 4.66. The van der Waals surface area contributed by atoms with Crippen molar-refractivity contribution in [1.29, 1.82) is 0 Å². The van der Waals surface area contributed by atoms with Crippen molar-refractivity contribution in [2.24, 2.45) is 0 Å². The second-order valence-electron chi connectivity index (χ2n) is 8.81. The molecule has 5 rings (SSSR count). The quantitative estimate of drug-likeness (QED) is 0.537. The van der Waals surface area contributed by atoms with Crippen molar-refractivity contribution < 1.29 is 22.5 Å². The van der Waals surface area contributed by atoms with Crippen LogP contribution in [0.15, 0.2) is 77.3 Å². The highest BCUT2D eigenvalue weighted by Gasteiger charge is 2.27. The molecule has 1 fully saturated rings. The molecule has 180 valence electrons. The lowest BCUT2D eigenvalue weighted by atomic mass is 9.88. The van der Waals surface area contributed by atoms with Crippen LogP contribution in [0.25, 0.3) is 5.57 Å². The first kappa shape index (κ1) is 23.3. The van der Waals surface area contributed by atoms with E-state index in [0.717, 1.165) is 39.9 Å². The number of carbonyl (C=O) groups is 1. The molecule has 7 nitrogen and oxygen atoms in total. The van der Waals surface area contributed by atoms with Gasteiger partial charge in [0, 0.05) is 24.9 Å². The van der Waals surface area contributed by atoms with Gasteiger partial charge in [0.2, 0.25) is 0 Å². The number of carbonyl (C=O) groups excluding carboxylic acids is 1. The average Bonchev–Trinajstić information content (AvgIpc) is 3.04. The molecule has 2 aromatic carbocycles. The molecule has 3 aromatic rings. The first-order valence-corrected chi connectivity index (χ1v) is 13.1. The number of hydrogen-bond acceptors (Lipinski definition) is 5. The zero-order valence-corrected chi connectivity index (χ0v) is 20.0. The van der Waals surface area contributed by atoms with Crippen LogP contribution < -0.4 is 0 Å². The molecule has 8 heteroatoms. The Morgan fingerprint density at radius 1 is 0.943 bits per heavy atom. The highest BCUT2D eigenvalue weighted by atomic mass is 32.2. The molecule has 0 saturated carbocycles. The summed E-state index contributed by atoms with van der Waals surface area (Å²) < 4.78 is 38.5. The number of nitrogens with zero attached hydrogens (tertiary/aromatic N) is 2. The topological polar surface area (TPSA) is 96.8 Å². The molecule has 2 aliphatic rings. The van der Waals surface area contributed by atoms with Gasteiger partial charge in [-0.3, -0.25) is 9.54 Å². The molecule has 1 amide bonds. The van der Waals surface area contributed by atoms with Crippen molar-refractivity contribution in [2.75, 3.05) is 13.1 Å². The summed E-state index contributed by atoms with van der Waals surface area (Å²) in [6.07, 6.45) is 4.16. The van der Waals surface area contributed by atoms with Gasteiger partial charge in [0.15, 0.2) is 0 Å². The lowest BCUT2D eigenvalue weighted by Crippen LogP contribution is -2.37. The molecule has 0 radical (unpaired) electrons. The van der Waals surface area contributed by atoms with Gasteiger partial charge >= 0.3 is 6.09 Å². The number of rotatable bonds is 3. The van der Waals surface area contributed by atoms with Crippen LogP contribution in [0.2, 0.25) is 0 Å². The highest BCUT2D eigenvalue weighted by Crippen LogP contribution is 2.38. The van der Waals surface area contributed by atoms with E-state index in [1.807, 2.05) is 36.4 Å². The Hall–Kier alpha value is -3.49. The molecule has 2 heterocycles. The Morgan fingerprint density at radius 3 is 2.43 bits per heavy atom. The summed E-state index contributed by atoms with van der Waals surface area (Å²) in [7, 11) is -4.29. The number of benzene rings is 2. The van der Waals surface area contributed by atoms with Gasteiger partial charge in [-0.1, -0.05) is 48.0 Å². The molecule has 35 heavy (non-hydrogen) atoms. The minimum Gasteiger partial charge on any atom is -0.445 e. The maximum Gasteiger partial charge on any atom is 0.410 e. The van der Waals surface area contributed by atoms with Crippen molar-refractivity contribution in [1.82, 2.24) is 9.88 Å². The maximum absolute atomic E-state index is 12.6. The van der Waals surface area contributed by atoms with E-state index >= 15 is 0 Å². The monoisotopic (exact) mass is 490 g/mol. The van der Waals surface area contributed by atoms with Gasteiger partial charge in [-0.05, 0) is 66.1 Å². The van der Waals surface area contributed by atoms with E-state index in [9.17, 15) is 17.8 Å². The molecular formula is C27H26N2O5S. The van der Waals surface area contributed by atoms with Crippen molar-refractivity contribution in [2.45, 2.75) is 37.2 Å². The fourth-order valence-corrected chi connectivity index (χ4v) is 5.35. The largest absolute Gasteiger partial charge is 0.445 e. The lowest BCUT2D eigenvalue weighted by Gasteiger charge is -2.29. The van der Waals surface area contributed by atoms with Crippen molar-refractivity contribution in [3.8, 4) is 0 Å². The summed E-state index contributed by atoms with van der Waals surface area (Å²) in [5.41, 5.74) is 6.94. The Morgan fingerprint density at radius 2 is 1.69 bits per heavy atom. The van der Waals surface area contributed by atoms with E-state index in [2.05, 4.69) is 6.07 Å². The van der Waals surface area contributed by atoms with Gasteiger partial charge in [0.05, 0.1) is 10.6 Å². The lowest BCUT2D eigenvalue weighted by molar-refractivity contribution is 0.0936. The second kappa shape index (κ2) is 9.64. The zero-order chi connectivity index (χ0) is 24.4. The summed E-state index contributed by atoms with van der Waals surface area (Å²) in [4.78, 5) is 19.0. The van der Waals surface area contributed by atoms with Gasteiger partial charge in [-0.2, -0.15) is 8.42 Å². The van der Waals surface area contributed by atoms with Crippen molar-refractivity contribution >= 4 is 21.8 Å². The first-order chi connectivity index (χ1) is 16.9. The molecule has 1 saturated heterocycles. The van der Waals surface area contributed by atoms with Crippen LogP contribution in [0.1, 0.15) is 40.8 Å². The van der Waals surface area contributed by atoms with Crippen LogP contribution in [-0.2, 0) is 34.3 Å². The number of aromatic nitrogens is 1. The van der Waals surface area contributed by atoms with Gasteiger partial charge in [0.1, 0.15) is 6.61 Å². The van der Waals surface area contributed by atoms with Crippen LogP contribution in [0.4, 0.5) is 4.79 Å². The molecular weight excluding hydrogens is 464 g/mol. The van der Waals surface area contributed by atoms with E-state index in [1.165, 1.54) is 11.6 Å². The molecule has 0 atom stereocenters. The Bertz CT molecular complexity index is 1390. The Kier molecular flexibility index (Phi) is 6.40. The normalized spacial score (nSPS) is 15.7. The first-order valence-electron chi connectivity index (χ1n) is 11.6. The number of hydrogen-bond donors (Lipinski definition) is 1. The van der Waals surface area contributed by atoms with Crippen LogP contribution in [0.5, 0.6) is 0 Å². The minimum absolute atomic E-state index is 0.101. The second-order valence-corrected chi connectivity index (χ2v) is 10.2. The summed E-state index contributed by atoms with van der Waals surface area (Å²) in [6.45, 7) is 1.31.